The van der Waals surface area contributed by atoms with Gasteiger partial charge in [-0.1, -0.05) is 0 Å². The summed E-state index contributed by atoms with van der Waals surface area (Å²) in [5, 5.41) is 0. The van der Waals surface area contributed by atoms with Crippen molar-refractivity contribution in [3.8, 4) is 22.3 Å². The van der Waals surface area contributed by atoms with Crippen LogP contribution in [-0.4, -0.2) is 0 Å². The number of benzene rings is 4. The molecule has 1 aliphatic heterocycles. The first-order chi connectivity index (χ1) is 23.1. The number of hydrogen-bond donors (Lipinski definition) is 0. The Hall–Kier alpha value is -2.35. The van der Waals surface area contributed by atoms with Crippen molar-refractivity contribution in [2.24, 2.45) is 11.8 Å². The molecule has 1 saturated heterocycles. The monoisotopic (exact) mass is 738 g/mol. The van der Waals surface area contributed by atoms with Crippen LogP contribution in [0.1, 0.15) is 128 Å². The van der Waals surface area contributed by atoms with Crippen molar-refractivity contribution in [2.45, 2.75) is 104 Å². The maximum atomic E-state index is 2.69. The first-order valence-electron chi connectivity index (χ1n) is 18.9. The molecule has 0 N–H and O–H groups in total. The van der Waals surface area contributed by atoms with E-state index < -0.39 is 16.6 Å². The third-order valence-electron chi connectivity index (χ3n) is 11.8. The van der Waals surface area contributed by atoms with Gasteiger partial charge in [0.05, 0.1) is 0 Å². The summed E-state index contributed by atoms with van der Waals surface area (Å²) in [4.78, 5) is 0. The van der Waals surface area contributed by atoms with Gasteiger partial charge in [0.25, 0.3) is 0 Å². The summed E-state index contributed by atoms with van der Waals surface area (Å²) in [5.41, 5.74) is 18.3. The first-order valence-corrected chi connectivity index (χ1v) is 23.0. The Morgan fingerprint density at radius 1 is 0.520 bits per heavy atom. The molecule has 0 bridgehead atoms. The van der Waals surface area contributed by atoms with Gasteiger partial charge in [0, 0.05) is 0 Å². The fourth-order valence-corrected chi connectivity index (χ4v) is 19.3. The first kappa shape index (κ1) is 38.9. The van der Waals surface area contributed by atoms with Crippen LogP contribution < -0.4 is 24.8 Å². The van der Waals surface area contributed by atoms with Crippen molar-refractivity contribution in [3.05, 3.63) is 129 Å². The van der Waals surface area contributed by atoms with Crippen LogP contribution in [-0.2, 0) is 16.6 Å². The van der Waals surface area contributed by atoms with E-state index in [2.05, 4.69) is 152 Å². The normalized spacial score (nSPS) is 18.1. The van der Waals surface area contributed by atoms with Crippen molar-refractivity contribution < 1.29 is 41.4 Å². The van der Waals surface area contributed by atoms with Crippen LogP contribution >= 0.6 is 0 Å². The van der Waals surface area contributed by atoms with Gasteiger partial charge in [0.1, 0.15) is 0 Å². The van der Waals surface area contributed by atoms with Crippen molar-refractivity contribution in [2.75, 3.05) is 0 Å². The molecule has 1 heterocycles. The molecule has 0 nitrogen and oxygen atoms in total. The van der Waals surface area contributed by atoms with Crippen molar-refractivity contribution in [1.29, 1.82) is 0 Å². The van der Waals surface area contributed by atoms with E-state index in [1.54, 1.807) is 22.3 Å². The molecule has 50 heavy (non-hydrogen) atoms. The van der Waals surface area contributed by atoms with E-state index in [9.17, 15) is 0 Å². The Balaban J connectivity index is 0.00000243. The Kier molecular flexibility index (Phi) is 12.2. The minimum atomic E-state index is -2.60. The molecule has 2 unspecified atom stereocenters. The van der Waals surface area contributed by atoms with Gasteiger partial charge in [0.15, 0.2) is 0 Å². The number of hydrogen-bond acceptors (Lipinski definition) is 0. The summed E-state index contributed by atoms with van der Waals surface area (Å²) in [6.45, 7) is 18.9. The van der Waals surface area contributed by atoms with Gasteiger partial charge < -0.3 is 24.8 Å². The number of rotatable bonds is 10. The molecule has 1 fully saturated rings. The summed E-state index contributed by atoms with van der Waals surface area (Å²) in [7, 11) is 0. The average Bonchev–Trinajstić information content (AvgIpc) is 3.58. The van der Waals surface area contributed by atoms with Crippen LogP contribution in [0.15, 0.2) is 96.1 Å². The maximum absolute atomic E-state index is 2.69. The van der Waals surface area contributed by atoms with Crippen LogP contribution in [0.2, 0.25) is 9.45 Å². The molecule has 0 radical (unpaired) electrons. The minimum absolute atomic E-state index is 0. The maximum Gasteiger partial charge on any atom is -1.00 e. The van der Waals surface area contributed by atoms with Crippen LogP contribution in [0.4, 0.5) is 0 Å². The molecule has 0 spiro atoms. The van der Waals surface area contributed by atoms with Gasteiger partial charge in [-0.05, 0) is 0 Å². The Bertz CT molecular complexity index is 1720. The third kappa shape index (κ3) is 7.05. The van der Waals surface area contributed by atoms with Crippen LogP contribution in [0.25, 0.3) is 34.4 Å². The van der Waals surface area contributed by atoms with E-state index in [-0.39, 0.29) is 24.8 Å². The zero-order chi connectivity index (χ0) is 33.7. The van der Waals surface area contributed by atoms with E-state index >= 15 is 0 Å². The molecular weight excluding hydrogens is 683 g/mol. The van der Waals surface area contributed by atoms with E-state index in [4.69, 9.17) is 0 Å². The predicted molar refractivity (Wildman–Crippen MR) is 207 cm³/mol. The summed E-state index contributed by atoms with van der Waals surface area (Å²) in [5.74, 6) is 2.42. The Labute approximate surface area is 319 Å². The Morgan fingerprint density at radius 2 is 0.900 bits per heavy atom. The molecular formula is C47H56Cl2Ti. The molecule has 0 saturated carbocycles. The Morgan fingerprint density at radius 3 is 1.20 bits per heavy atom. The van der Waals surface area contributed by atoms with Crippen LogP contribution in [0.5, 0.6) is 0 Å². The SMILES string of the molecule is CC(C)CC1=Cc2c(-c3ccc(C(C)C)cc3)cccc2[CH]1[Ti+2]1([CH]2C(CC(C)C)=Cc3c(-c4ccc(C(C)C)cc4)cccc32)[CH2]C[CH2]1.[Cl-].[Cl-]. The molecule has 2 aliphatic carbocycles. The molecule has 2 atom stereocenters. The predicted octanol–water partition coefficient (Wildman–Crippen LogP) is 8.34. The standard InChI is InChI=1S/2C22H25.C3H6.2ClH.Ti/c2*1-15(2)12-17-13-20-6-5-7-21(22(20)14-17)19-10-8-18(9-11-19)16(3)4;1-3-2;;;/h2*5-11,13-16H,12H2,1-4H3;1-3H2;2*1H;/q;;;;;+2/p-2. The number of fused-ring (bicyclic) bond motifs is 2. The largest absolute Gasteiger partial charge is 1.00 e. The van der Waals surface area contributed by atoms with Gasteiger partial charge in [-0.25, -0.2) is 0 Å². The fraction of sp³-hybridized carbons (Fsp3) is 0.404. The van der Waals surface area contributed by atoms with E-state index in [1.165, 1.54) is 73.2 Å². The summed E-state index contributed by atoms with van der Waals surface area (Å²) >= 11 is -2.60. The summed E-state index contributed by atoms with van der Waals surface area (Å²) < 4.78 is 4.26. The van der Waals surface area contributed by atoms with Gasteiger partial charge in [-0.2, -0.15) is 0 Å². The van der Waals surface area contributed by atoms with E-state index in [0.717, 1.165) is 0 Å². The zero-order valence-corrected chi connectivity index (χ0v) is 34.6. The number of halogens is 2. The van der Waals surface area contributed by atoms with Crippen molar-refractivity contribution in [1.82, 2.24) is 0 Å². The number of allylic oxidation sites excluding steroid dienone is 2. The molecule has 4 aromatic rings. The molecule has 3 aliphatic rings. The third-order valence-corrected chi connectivity index (χ3v) is 21.5. The molecule has 4 aromatic carbocycles. The van der Waals surface area contributed by atoms with E-state index in [0.29, 0.717) is 32.1 Å². The average molecular weight is 740 g/mol. The second-order valence-electron chi connectivity index (χ2n) is 16.8. The summed E-state index contributed by atoms with van der Waals surface area (Å²) in [6.07, 6.45) is 9.21. The molecule has 0 aromatic heterocycles. The van der Waals surface area contributed by atoms with Crippen molar-refractivity contribution in [3.63, 3.8) is 0 Å². The van der Waals surface area contributed by atoms with E-state index in [1.807, 2.05) is 0 Å². The minimum Gasteiger partial charge on any atom is -1.00 e. The topological polar surface area (TPSA) is 0 Å². The van der Waals surface area contributed by atoms with Crippen LogP contribution in [0, 0.1) is 11.8 Å². The zero-order valence-electron chi connectivity index (χ0n) is 31.5. The second-order valence-corrected chi connectivity index (χ2v) is 24.0. The smallest absolute Gasteiger partial charge is 1.00 e. The molecule has 262 valence electrons. The second kappa shape index (κ2) is 15.7. The molecule has 0 amide bonds. The van der Waals surface area contributed by atoms with Crippen LogP contribution in [0.3, 0.4) is 0 Å². The molecule has 3 heteroatoms. The fourth-order valence-electron chi connectivity index (χ4n) is 9.51. The van der Waals surface area contributed by atoms with Gasteiger partial charge in [-0.3, -0.25) is 0 Å². The molecule has 7 rings (SSSR count). The van der Waals surface area contributed by atoms with Gasteiger partial charge >= 0.3 is 297 Å². The quantitative estimate of drug-likeness (QED) is 0.144. The van der Waals surface area contributed by atoms with Gasteiger partial charge in [-0.15, -0.1) is 0 Å². The van der Waals surface area contributed by atoms with Crippen molar-refractivity contribution >= 4 is 12.2 Å². The van der Waals surface area contributed by atoms with Gasteiger partial charge in [0.2, 0.25) is 0 Å². The summed E-state index contributed by atoms with van der Waals surface area (Å²) in [6, 6.07) is 33.5.